The lowest BCUT2D eigenvalue weighted by Gasteiger charge is -2.25. The minimum Gasteiger partial charge on any atom is -0.334 e. The van der Waals surface area contributed by atoms with Gasteiger partial charge in [-0.2, -0.15) is 4.98 Å². The molecule has 0 radical (unpaired) electrons. The van der Waals surface area contributed by atoms with Gasteiger partial charge in [-0.25, -0.2) is 0 Å². The molecule has 0 N–H and O–H groups in total. The Morgan fingerprint density at radius 3 is 1.68 bits per heavy atom. The Morgan fingerprint density at radius 1 is 0.581 bits per heavy atom. The summed E-state index contributed by atoms with van der Waals surface area (Å²) in [6.07, 6.45) is 0. The zero-order valence-electron chi connectivity index (χ0n) is 17.1. The first-order valence-electron chi connectivity index (χ1n) is 10.2. The summed E-state index contributed by atoms with van der Waals surface area (Å²) in [4.78, 5) is 6.80. The van der Waals surface area contributed by atoms with Gasteiger partial charge >= 0.3 is 0 Å². The van der Waals surface area contributed by atoms with Crippen LogP contribution in [-0.4, -0.2) is 10.1 Å². The Bertz CT molecular complexity index is 1220. The molecular weight excluding hydrogens is 382 g/mol. The number of aryl methyl sites for hydroxylation is 1. The van der Waals surface area contributed by atoms with Gasteiger partial charge in [0.15, 0.2) is 0 Å². The summed E-state index contributed by atoms with van der Waals surface area (Å²) < 4.78 is 5.53. The molecule has 0 aliphatic heterocycles. The second-order valence-electron chi connectivity index (χ2n) is 7.34. The van der Waals surface area contributed by atoms with Crippen molar-refractivity contribution in [1.82, 2.24) is 10.1 Å². The van der Waals surface area contributed by atoms with Crippen molar-refractivity contribution >= 4 is 17.1 Å². The molecule has 0 fully saturated rings. The van der Waals surface area contributed by atoms with E-state index in [1.54, 1.807) is 0 Å². The molecule has 5 rings (SSSR count). The van der Waals surface area contributed by atoms with E-state index in [-0.39, 0.29) is 0 Å². The standard InChI is InChI=1S/C27H21N3O/c1-20-12-14-21(15-13-20)26-28-27(31-29-26)22-16-18-25(19-17-22)30(23-8-4-2-5-9-23)24-10-6-3-7-11-24/h2-19H,1H3. The van der Waals surface area contributed by atoms with Crippen LogP contribution in [0.4, 0.5) is 17.1 Å². The van der Waals surface area contributed by atoms with Crippen LogP contribution in [0.25, 0.3) is 22.8 Å². The third-order valence-corrected chi connectivity index (χ3v) is 5.14. The molecule has 4 nitrogen and oxygen atoms in total. The van der Waals surface area contributed by atoms with E-state index in [1.807, 2.05) is 72.8 Å². The molecule has 0 saturated carbocycles. The second kappa shape index (κ2) is 8.28. The highest BCUT2D eigenvalue weighted by molar-refractivity contribution is 5.77. The number of hydrogen-bond acceptors (Lipinski definition) is 4. The molecular formula is C27H21N3O. The lowest BCUT2D eigenvalue weighted by Crippen LogP contribution is -2.09. The first-order valence-corrected chi connectivity index (χ1v) is 10.2. The minimum absolute atomic E-state index is 0.507. The van der Waals surface area contributed by atoms with E-state index in [0.717, 1.165) is 28.2 Å². The number of rotatable bonds is 5. The predicted octanol–water partition coefficient (Wildman–Crippen LogP) is 7.18. The highest BCUT2D eigenvalue weighted by atomic mass is 16.5. The summed E-state index contributed by atoms with van der Waals surface area (Å²) in [6.45, 7) is 2.06. The van der Waals surface area contributed by atoms with Crippen molar-refractivity contribution in [2.24, 2.45) is 0 Å². The van der Waals surface area contributed by atoms with E-state index < -0.39 is 0 Å². The van der Waals surface area contributed by atoms with Gasteiger partial charge < -0.3 is 9.42 Å². The Labute approximate surface area is 181 Å². The van der Waals surface area contributed by atoms with Crippen molar-refractivity contribution < 1.29 is 4.52 Å². The maximum atomic E-state index is 5.53. The average molecular weight is 403 g/mol. The van der Waals surface area contributed by atoms with E-state index in [0.29, 0.717) is 11.7 Å². The van der Waals surface area contributed by atoms with Crippen molar-refractivity contribution in [2.45, 2.75) is 6.92 Å². The van der Waals surface area contributed by atoms with Crippen molar-refractivity contribution in [2.75, 3.05) is 4.90 Å². The van der Waals surface area contributed by atoms with Gasteiger partial charge in [0.2, 0.25) is 5.82 Å². The molecule has 4 heteroatoms. The third-order valence-electron chi connectivity index (χ3n) is 5.14. The number of hydrogen-bond donors (Lipinski definition) is 0. The summed E-state index contributed by atoms with van der Waals surface area (Å²) in [5.41, 5.74) is 6.28. The Hall–Kier alpha value is -4.18. The molecule has 5 aromatic rings. The van der Waals surface area contributed by atoms with Crippen LogP contribution >= 0.6 is 0 Å². The van der Waals surface area contributed by atoms with E-state index in [2.05, 4.69) is 58.4 Å². The summed E-state index contributed by atoms with van der Waals surface area (Å²) in [5.74, 6) is 1.10. The molecule has 0 saturated heterocycles. The molecule has 0 unspecified atom stereocenters. The van der Waals surface area contributed by atoms with Gasteiger partial charge in [0.05, 0.1) is 0 Å². The monoisotopic (exact) mass is 403 g/mol. The van der Waals surface area contributed by atoms with Gasteiger partial charge in [-0.3, -0.25) is 0 Å². The SMILES string of the molecule is Cc1ccc(-c2noc(-c3ccc(N(c4ccccc4)c4ccccc4)cc3)n2)cc1. The van der Waals surface area contributed by atoms with E-state index >= 15 is 0 Å². The summed E-state index contributed by atoms with van der Waals surface area (Å²) in [6, 6.07) is 36.9. The van der Waals surface area contributed by atoms with Crippen LogP contribution in [0.3, 0.4) is 0 Å². The molecule has 150 valence electrons. The highest BCUT2D eigenvalue weighted by Gasteiger charge is 2.14. The molecule has 31 heavy (non-hydrogen) atoms. The Balaban J connectivity index is 1.47. The van der Waals surface area contributed by atoms with E-state index in [9.17, 15) is 0 Å². The van der Waals surface area contributed by atoms with Crippen LogP contribution in [0.5, 0.6) is 0 Å². The number of anilines is 3. The quantitative estimate of drug-likeness (QED) is 0.312. The molecule has 0 aliphatic rings. The molecule has 1 aromatic heterocycles. The van der Waals surface area contributed by atoms with Crippen molar-refractivity contribution in [3.05, 3.63) is 115 Å². The summed E-state index contributed by atoms with van der Waals surface area (Å²) in [5, 5.41) is 4.15. The van der Waals surface area contributed by atoms with Gasteiger partial charge in [0.1, 0.15) is 0 Å². The second-order valence-corrected chi connectivity index (χ2v) is 7.34. The van der Waals surface area contributed by atoms with Crippen LogP contribution in [0.15, 0.2) is 114 Å². The van der Waals surface area contributed by atoms with Crippen LogP contribution in [-0.2, 0) is 0 Å². The average Bonchev–Trinajstić information content (AvgIpc) is 3.32. The van der Waals surface area contributed by atoms with Gasteiger partial charge in [-0.1, -0.05) is 71.4 Å². The topological polar surface area (TPSA) is 42.2 Å². The van der Waals surface area contributed by atoms with Crippen LogP contribution in [0.1, 0.15) is 5.56 Å². The smallest absolute Gasteiger partial charge is 0.258 e. The lowest BCUT2D eigenvalue weighted by atomic mass is 10.1. The molecule has 1 heterocycles. The fourth-order valence-corrected chi connectivity index (χ4v) is 3.52. The molecule has 0 spiro atoms. The Kier molecular flexibility index (Phi) is 5.03. The molecule has 0 atom stereocenters. The number of aromatic nitrogens is 2. The Morgan fingerprint density at radius 2 is 1.10 bits per heavy atom. The van der Waals surface area contributed by atoms with Crippen molar-refractivity contribution in [3.8, 4) is 22.8 Å². The molecule has 0 bridgehead atoms. The normalized spacial score (nSPS) is 10.7. The first kappa shape index (κ1) is 18.8. The number of para-hydroxylation sites is 2. The number of benzene rings is 4. The van der Waals surface area contributed by atoms with Gasteiger partial charge in [0, 0.05) is 28.2 Å². The molecule has 4 aromatic carbocycles. The van der Waals surface area contributed by atoms with Crippen molar-refractivity contribution in [3.63, 3.8) is 0 Å². The van der Waals surface area contributed by atoms with Crippen LogP contribution in [0, 0.1) is 6.92 Å². The van der Waals surface area contributed by atoms with Gasteiger partial charge in [-0.05, 0) is 55.5 Å². The minimum atomic E-state index is 0.507. The predicted molar refractivity (Wildman–Crippen MR) is 125 cm³/mol. The van der Waals surface area contributed by atoms with Gasteiger partial charge in [-0.15, -0.1) is 0 Å². The first-order chi connectivity index (χ1) is 15.3. The zero-order chi connectivity index (χ0) is 21.0. The summed E-state index contributed by atoms with van der Waals surface area (Å²) >= 11 is 0. The third kappa shape index (κ3) is 3.96. The fraction of sp³-hybridized carbons (Fsp3) is 0.0370. The maximum absolute atomic E-state index is 5.53. The lowest BCUT2D eigenvalue weighted by molar-refractivity contribution is 0.432. The van der Waals surface area contributed by atoms with Crippen LogP contribution < -0.4 is 4.90 Å². The fourth-order valence-electron chi connectivity index (χ4n) is 3.52. The molecule has 0 aliphatic carbocycles. The zero-order valence-corrected chi connectivity index (χ0v) is 17.1. The highest BCUT2D eigenvalue weighted by Crippen LogP contribution is 2.35. The molecule has 0 amide bonds. The van der Waals surface area contributed by atoms with Gasteiger partial charge in [0.25, 0.3) is 5.89 Å². The largest absolute Gasteiger partial charge is 0.334 e. The maximum Gasteiger partial charge on any atom is 0.258 e. The summed E-state index contributed by atoms with van der Waals surface area (Å²) in [7, 11) is 0. The van der Waals surface area contributed by atoms with Crippen LogP contribution in [0.2, 0.25) is 0 Å². The number of nitrogens with zero attached hydrogens (tertiary/aromatic N) is 3. The van der Waals surface area contributed by atoms with E-state index in [4.69, 9.17) is 4.52 Å². The van der Waals surface area contributed by atoms with E-state index in [1.165, 1.54) is 5.56 Å². The van der Waals surface area contributed by atoms with Crippen molar-refractivity contribution in [1.29, 1.82) is 0 Å².